The molecule has 0 saturated carbocycles. The van der Waals surface area contributed by atoms with E-state index in [-0.39, 0.29) is 0 Å². The van der Waals surface area contributed by atoms with Gasteiger partial charge >= 0.3 is 0 Å². The molecule has 4 rings (SSSR count). The third-order valence-electron chi connectivity index (χ3n) is 5.70. The van der Waals surface area contributed by atoms with Crippen molar-refractivity contribution in [3.8, 4) is 0 Å². The molecular weight excluding hydrogens is 312 g/mol. The summed E-state index contributed by atoms with van der Waals surface area (Å²) in [6.45, 7) is 4.11. The normalized spacial score (nSPS) is 21.4. The number of fused-ring (bicyclic) bond motifs is 1. The third-order valence-corrected chi connectivity index (χ3v) is 5.70. The molecule has 6 nitrogen and oxygen atoms in total. The number of hydrogen-bond donors (Lipinski definition) is 1. The van der Waals surface area contributed by atoms with Crippen molar-refractivity contribution in [2.24, 2.45) is 5.92 Å². The monoisotopic (exact) mass is 340 g/mol. The van der Waals surface area contributed by atoms with Gasteiger partial charge in [-0.3, -0.25) is 9.88 Å². The molecule has 0 aromatic carbocycles. The zero-order valence-corrected chi connectivity index (χ0v) is 15.1. The van der Waals surface area contributed by atoms with Crippen molar-refractivity contribution in [2.45, 2.75) is 51.2 Å². The van der Waals surface area contributed by atoms with Crippen LogP contribution in [-0.4, -0.2) is 45.0 Å². The Morgan fingerprint density at radius 3 is 3.04 bits per heavy atom. The molecule has 2 aliphatic rings. The smallest absolute Gasteiger partial charge is 0.0738 e. The van der Waals surface area contributed by atoms with Crippen molar-refractivity contribution in [1.82, 2.24) is 30.2 Å². The number of piperidine rings is 1. The average molecular weight is 340 g/mol. The maximum Gasteiger partial charge on any atom is 0.0738 e. The molecular formula is C19H28N6. The van der Waals surface area contributed by atoms with Gasteiger partial charge in [0.15, 0.2) is 0 Å². The Balaban J connectivity index is 1.45. The van der Waals surface area contributed by atoms with Gasteiger partial charge in [0.1, 0.15) is 0 Å². The Morgan fingerprint density at radius 1 is 1.28 bits per heavy atom. The molecule has 2 aromatic heterocycles. The maximum absolute atomic E-state index is 4.68. The van der Waals surface area contributed by atoms with Gasteiger partial charge in [-0.15, -0.1) is 5.10 Å². The molecule has 1 saturated heterocycles. The molecule has 1 fully saturated rings. The fourth-order valence-corrected chi connectivity index (χ4v) is 4.24. The fourth-order valence-electron chi connectivity index (χ4n) is 4.24. The maximum atomic E-state index is 4.68. The number of nitrogens with one attached hydrogen (secondary N) is 1. The van der Waals surface area contributed by atoms with Crippen molar-refractivity contribution in [1.29, 1.82) is 0 Å². The van der Waals surface area contributed by atoms with Crippen LogP contribution in [0.15, 0.2) is 24.5 Å². The topological polar surface area (TPSA) is 58.9 Å². The molecule has 134 valence electrons. The van der Waals surface area contributed by atoms with Gasteiger partial charge in [0, 0.05) is 19.3 Å². The van der Waals surface area contributed by atoms with E-state index in [1.165, 1.54) is 42.6 Å². The summed E-state index contributed by atoms with van der Waals surface area (Å²) in [5, 5.41) is 12.0. The lowest BCUT2D eigenvalue weighted by atomic mass is 9.91. The molecule has 1 unspecified atom stereocenters. The van der Waals surface area contributed by atoms with Crippen LogP contribution in [0.2, 0.25) is 0 Å². The predicted octanol–water partition coefficient (Wildman–Crippen LogP) is 2.18. The molecule has 1 aliphatic carbocycles. The number of rotatable bonds is 5. The van der Waals surface area contributed by atoms with Gasteiger partial charge in [-0.05, 0) is 69.8 Å². The first kappa shape index (κ1) is 16.7. The van der Waals surface area contributed by atoms with E-state index in [1.807, 2.05) is 12.4 Å². The van der Waals surface area contributed by atoms with Crippen LogP contribution in [-0.2, 0) is 19.5 Å². The summed E-state index contributed by atoms with van der Waals surface area (Å²) < 4.78 is 2.12. The summed E-state index contributed by atoms with van der Waals surface area (Å²) in [6, 6.07) is 4.68. The molecule has 3 heterocycles. The lowest BCUT2D eigenvalue weighted by Crippen LogP contribution is -2.32. The summed E-state index contributed by atoms with van der Waals surface area (Å²) in [5.41, 5.74) is 3.88. The Bertz CT molecular complexity index is 691. The zero-order chi connectivity index (χ0) is 17.1. The molecule has 1 aliphatic heterocycles. The predicted molar refractivity (Wildman–Crippen MR) is 97.0 cm³/mol. The number of hydrogen-bond acceptors (Lipinski definition) is 5. The molecule has 0 bridgehead atoms. The molecule has 0 spiro atoms. The van der Waals surface area contributed by atoms with Crippen LogP contribution >= 0.6 is 0 Å². The average Bonchev–Trinajstić information content (AvgIpc) is 3.08. The Labute approximate surface area is 149 Å². The molecule has 6 heteroatoms. The minimum absolute atomic E-state index is 0.396. The van der Waals surface area contributed by atoms with E-state index < -0.39 is 0 Å². The molecule has 1 N–H and O–H groups in total. The van der Waals surface area contributed by atoms with Gasteiger partial charge in [0.25, 0.3) is 0 Å². The van der Waals surface area contributed by atoms with E-state index in [0.29, 0.717) is 12.0 Å². The number of pyridine rings is 1. The van der Waals surface area contributed by atoms with E-state index in [4.69, 9.17) is 0 Å². The van der Waals surface area contributed by atoms with E-state index in [9.17, 15) is 0 Å². The molecule has 1 atom stereocenters. The number of aromatic nitrogens is 4. The Hall–Kier alpha value is -1.79. The van der Waals surface area contributed by atoms with Crippen molar-refractivity contribution < 1.29 is 0 Å². The van der Waals surface area contributed by atoms with Crippen LogP contribution in [0.1, 0.15) is 48.7 Å². The summed E-state index contributed by atoms with van der Waals surface area (Å²) in [7, 11) is 2.20. The largest absolute Gasteiger partial charge is 0.317 e. The van der Waals surface area contributed by atoms with Crippen LogP contribution in [0.3, 0.4) is 0 Å². The minimum Gasteiger partial charge on any atom is -0.317 e. The Kier molecular flexibility index (Phi) is 5.08. The summed E-state index contributed by atoms with van der Waals surface area (Å²) in [6.07, 6.45) is 9.89. The summed E-state index contributed by atoms with van der Waals surface area (Å²) >= 11 is 0. The second kappa shape index (κ2) is 7.62. The van der Waals surface area contributed by atoms with Crippen molar-refractivity contribution in [2.75, 3.05) is 20.1 Å². The first-order chi connectivity index (χ1) is 12.3. The highest BCUT2D eigenvalue weighted by molar-refractivity contribution is 5.25. The highest BCUT2D eigenvalue weighted by atomic mass is 15.4. The van der Waals surface area contributed by atoms with Gasteiger partial charge in [-0.1, -0.05) is 11.3 Å². The second-order valence-corrected chi connectivity index (χ2v) is 7.47. The van der Waals surface area contributed by atoms with Crippen LogP contribution in [0.5, 0.6) is 0 Å². The molecule has 25 heavy (non-hydrogen) atoms. The first-order valence-corrected chi connectivity index (χ1v) is 9.53. The van der Waals surface area contributed by atoms with Gasteiger partial charge in [-0.25, -0.2) is 4.68 Å². The van der Waals surface area contributed by atoms with E-state index in [2.05, 4.69) is 49.4 Å². The second-order valence-electron chi connectivity index (χ2n) is 7.47. The lowest BCUT2D eigenvalue weighted by Gasteiger charge is -2.32. The number of aryl methyl sites for hydroxylation is 1. The zero-order valence-electron chi connectivity index (χ0n) is 15.1. The molecule has 2 aromatic rings. The quantitative estimate of drug-likeness (QED) is 0.904. The summed E-state index contributed by atoms with van der Waals surface area (Å²) in [5.74, 6) is 0.712. The van der Waals surface area contributed by atoms with Crippen LogP contribution in [0.4, 0.5) is 0 Å². The highest BCUT2D eigenvalue weighted by Gasteiger charge is 2.26. The van der Waals surface area contributed by atoms with Gasteiger partial charge < -0.3 is 5.32 Å². The molecule has 0 amide bonds. The van der Waals surface area contributed by atoms with Gasteiger partial charge in [0.2, 0.25) is 0 Å². The summed E-state index contributed by atoms with van der Waals surface area (Å²) in [4.78, 5) is 7.10. The number of nitrogens with zero attached hydrogens (tertiary/aromatic N) is 5. The van der Waals surface area contributed by atoms with Crippen molar-refractivity contribution in [3.63, 3.8) is 0 Å². The highest BCUT2D eigenvalue weighted by Crippen LogP contribution is 2.32. The van der Waals surface area contributed by atoms with E-state index in [0.717, 1.165) is 32.6 Å². The van der Waals surface area contributed by atoms with Crippen LogP contribution < -0.4 is 5.32 Å². The van der Waals surface area contributed by atoms with Crippen LogP contribution in [0, 0.1) is 5.92 Å². The SMILES string of the molecule is CN(Cc1cnnn1CC1CCNCC1)C1CCCc2cccnc21. The van der Waals surface area contributed by atoms with Gasteiger partial charge in [0.05, 0.1) is 23.6 Å². The minimum atomic E-state index is 0.396. The lowest BCUT2D eigenvalue weighted by molar-refractivity contribution is 0.200. The van der Waals surface area contributed by atoms with E-state index in [1.54, 1.807) is 0 Å². The fraction of sp³-hybridized carbons (Fsp3) is 0.632. The third kappa shape index (κ3) is 3.75. The van der Waals surface area contributed by atoms with E-state index >= 15 is 0 Å². The van der Waals surface area contributed by atoms with Gasteiger partial charge in [-0.2, -0.15) is 0 Å². The Morgan fingerprint density at radius 2 is 2.16 bits per heavy atom. The van der Waals surface area contributed by atoms with Crippen molar-refractivity contribution >= 4 is 0 Å². The first-order valence-electron chi connectivity index (χ1n) is 9.53. The molecule has 0 radical (unpaired) electrons. The standard InChI is InChI=1S/C19H28N6/c1-24(18-6-2-4-16-5-3-9-21-19(16)18)14-17-12-22-23-25(17)13-15-7-10-20-11-8-15/h3,5,9,12,15,18,20H,2,4,6-8,10-11,13-14H2,1H3. The van der Waals surface area contributed by atoms with Crippen molar-refractivity contribution in [3.05, 3.63) is 41.5 Å². The van der Waals surface area contributed by atoms with Crippen LogP contribution in [0.25, 0.3) is 0 Å².